The van der Waals surface area contributed by atoms with Crippen LogP contribution in [0.2, 0.25) is 0 Å². The molecule has 1 aromatic rings. The van der Waals surface area contributed by atoms with Gasteiger partial charge >= 0.3 is 0 Å². The van der Waals surface area contributed by atoms with Crippen LogP contribution in [0.15, 0.2) is 30.3 Å². The minimum absolute atomic E-state index is 0.189. The maximum absolute atomic E-state index is 10.6. The van der Waals surface area contributed by atoms with Crippen molar-refractivity contribution in [2.24, 2.45) is 0 Å². The summed E-state index contributed by atoms with van der Waals surface area (Å²) in [6.07, 6.45) is 0.606. The van der Waals surface area contributed by atoms with Crippen molar-refractivity contribution in [3.05, 3.63) is 30.3 Å². The van der Waals surface area contributed by atoms with Crippen molar-refractivity contribution in [3.63, 3.8) is 0 Å². The fraction of sp³-hybridized carbons (Fsp3) is 0.462. The first kappa shape index (κ1) is 12.3. The van der Waals surface area contributed by atoms with Gasteiger partial charge in [-0.2, -0.15) is 0 Å². The summed E-state index contributed by atoms with van der Waals surface area (Å²) in [5.41, 5.74) is -0.246. The molecule has 0 saturated carbocycles. The van der Waals surface area contributed by atoms with Gasteiger partial charge in [-0.25, -0.2) is 0 Å². The molecule has 3 nitrogen and oxygen atoms in total. The quantitative estimate of drug-likeness (QED) is 0.750. The number of benzene rings is 1. The lowest BCUT2D eigenvalue weighted by Crippen LogP contribution is -2.66. The third-order valence-corrected chi connectivity index (χ3v) is 3.21. The summed E-state index contributed by atoms with van der Waals surface area (Å²) in [7, 11) is 0. The maximum Gasteiger partial charge on any atom is 0.176 e. The minimum atomic E-state index is -0.965. The van der Waals surface area contributed by atoms with Crippen molar-refractivity contribution in [2.45, 2.75) is 38.5 Å². The lowest BCUT2D eigenvalue weighted by Gasteiger charge is -2.49. The minimum Gasteiger partial charge on any atom is -0.371 e. The van der Waals surface area contributed by atoms with Gasteiger partial charge in [-0.05, 0) is 45.1 Å². The van der Waals surface area contributed by atoms with Gasteiger partial charge in [0.2, 0.25) is 0 Å². The molecule has 17 heavy (non-hydrogen) atoms. The molecule has 2 rings (SSSR count). The third-order valence-electron chi connectivity index (χ3n) is 2.92. The van der Waals surface area contributed by atoms with E-state index in [-0.39, 0.29) is 5.54 Å². The lowest BCUT2D eigenvalue weighted by molar-refractivity contribution is 0.0278. The summed E-state index contributed by atoms with van der Waals surface area (Å²) in [4.78, 5) is 1.77. The molecule has 92 valence electrons. The van der Waals surface area contributed by atoms with Crippen LogP contribution in [-0.2, 0) is 0 Å². The van der Waals surface area contributed by atoms with E-state index in [0.717, 1.165) is 5.69 Å². The standard InChI is InChI=1S/C13H18N2OS/c1-12(2)9-13(3,16)15(11(17)14-12)10-7-5-4-6-8-10/h4-8,16H,9H2,1-3H3,(H,14,17)/t13-/m0/s1. The van der Waals surface area contributed by atoms with E-state index >= 15 is 0 Å². The average molecular weight is 250 g/mol. The van der Waals surface area contributed by atoms with Crippen molar-refractivity contribution in [3.8, 4) is 0 Å². The molecule has 1 saturated heterocycles. The largest absolute Gasteiger partial charge is 0.371 e. The van der Waals surface area contributed by atoms with Gasteiger partial charge in [-0.3, -0.25) is 4.90 Å². The molecule has 1 aromatic carbocycles. The Labute approximate surface area is 107 Å². The number of anilines is 1. The van der Waals surface area contributed by atoms with Crippen LogP contribution in [0, 0.1) is 0 Å². The van der Waals surface area contributed by atoms with Crippen molar-refractivity contribution < 1.29 is 5.11 Å². The number of hydrogen-bond acceptors (Lipinski definition) is 2. The molecule has 0 aromatic heterocycles. The second kappa shape index (κ2) is 3.96. The smallest absolute Gasteiger partial charge is 0.176 e. The Morgan fingerprint density at radius 1 is 1.24 bits per heavy atom. The molecule has 1 fully saturated rings. The summed E-state index contributed by atoms with van der Waals surface area (Å²) in [5, 5.41) is 14.4. The van der Waals surface area contributed by atoms with E-state index in [2.05, 4.69) is 5.32 Å². The number of para-hydroxylation sites is 1. The van der Waals surface area contributed by atoms with E-state index in [4.69, 9.17) is 12.2 Å². The molecule has 1 aliphatic rings. The zero-order valence-electron chi connectivity index (χ0n) is 10.4. The van der Waals surface area contributed by atoms with E-state index in [1.54, 1.807) is 11.8 Å². The maximum atomic E-state index is 10.6. The van der Waals surface area contributed by atoms with Crippen LogP contribution in [0.1, 0.15) is 27.2 Å². The Hall–Kier alpha value is -1.13. The Morgan fingerprint density at radius 3 is 2.35 bits per heavy atom. The van der Waals surface area contributed by atoms with Gasteiger partial charge in [0.1, 0.15) is 5.72 Å². The van der Waals surface area contributed by atoms with E-state index < -0.39 is 5.72 Å². The predicted molar refractivity (Wildman–Crippen MR) is 74.0 cm³/mol. The van der Waals surface area contributed by atoms with Crippen LogP contribution in [-0.4, -0.2) is 21.5 Å². The molecule has 1 aliphatic heterocycles. The Kier molecular flexibility index (Phi) is 2.87. The number of nitrogens with one attached hydrogen (secondary N) is 1. The van der Waals surface area contributed by atoms with E-state index in [1.165, 1.54) is 0 Å². The highest BCUT2D eigenvalue weighted by Gasteiger charge is 2.43. The highest BCUT2D eigenvalue weighted by Crippen LogP contribution is 2.33. The monoisotopic (exact) mass is 250 g/mol. The van der Waals surface area contributed by atoms with E-state index in [0.29, 0.717) is 11.5 Å². The summed E-state index contributed by atoms with van der Waals surface area (Å²) in [5.74, 6) is 0. The molecule has 0 amide bonds. The number of hydrogen-bond donors (Lipinski definition) is 2. The van der Waals surface area contributed by atoms with Crippen molar-refractivity contribution >= 4 is 23.0 Å². The molecule has 4 heteroatoms. The van der Waals surface area contributed by atoms with Gasteiger partial charge in [0, 0.05) is 17.6 Å². The average Bonchev–Trinajstić information content (AvgIpc) is 2.14. The first-order chi connectivity index (χ1) is 7.82. The molecule has 0 spiro atoms. The fourth-order valence-electron chi connectivity index (χ4n) is 2.50. The molecule has 1 heterocycles. The zero-order valence-corrected chi connectivity index (χ0v) is 11.2. The summed E-state index contributed by atoms with van der Waals surface area (Å²) < 4.78 is 0. The third kappa shape index (κ3) is 2.42. The van der Waals surface area contributed by atoms with Gasteiger partial charge in [-0.15, -0.1) is 0 Å². The van der Waals surface area contributed by atoms with Crippen LogP contribution in [0.3, 0.4) is 0 Å². The molecule has 0 radical (unpaired) electrons. The normalized spacial score (nSPS) is 27.8. The zero-order chi connectivity index (χ0) is 12.7. The van der Waals surface area contributed by atoms with Gasteiger partial charge in [0.25, 0.3) is 0 Å². The molecule has 0 aliphatic carbocycles. The molecule has 0 unspecified atom stereocenters. The first-order valence-electron chi connectivity index (χ1n) is 5.72. The molecular weight excluding hydrogens is 232 g/mol. The highest BCUT2D eigenvalue weighted by atomic mass is 32.1. The lowest BCUT2D eigenvalue weighted by atomic mass is 9.90. The molecule has 1 atom stereocenters. The van der Waals surface area contributed by atoms with Crippen LogP contribution in [0.25, 0.3) is 0 Å². The van der Waals surface area contributed by atoms with Crippen LogP contribution in [0.4, 0.5) is 5.69 Å². The summed E-state index contributed by atoms with van der Waals surface area (Å²) in [6, 6.07) is 9.71. The molecule has 2 N–H and O–H groups in total. The summed E-state index contributed by atoms with van der Waals surface area (Å²) >= 11 is 5.36. The second-order valence-electron chi connectivity index (χ2n) is 5.38. The van der Waals surface area contributed by atoms with Crippen LogP contribution < -0.4 is 10.2 Å². The highest BCUT2D eigenvalue weighted by molar-refractivity contribution is 7.80. The Morgan fingerprint density at radius 2 is 1.82 bits per heavy atom. The second-order valence-corrected chi connectivity index (χ2v) is 5.77. The molecular formula is C13H18N2OS. The Balaban J connectivity index is 2.38. The van der Waals surface area contributed by atoms with Crippen molar-refractivity contribution in [2.75, 3.05) is 4.90 Å². The number of rotatable bonds is 1. The van der Waals surface area contributed by atoms with E-state index in [1.807, 2.05) is 44.2 Å². The van der Waals surface area contributed by atoms with Gasteiger partial charge in [0.05, 0.1) is 0 Å². The van der Waals surface area contributed by atoms with Crippen molar-refractivity contribution in [1.82, 2.24) is 5.32 Å². The van der Waals surface area contributed by atoms with Gasteiger partial charge < -0.3 is 10.4 Å². The van der Waals surface area contributed by atoms with Crippen LogP contribution >= 0.6 is 12.2 Å². The van der Waals surface area contributed by atoms with Crippen molar-refractivity contribution in [1.29, 1.82) is 0 Å². The topological polar surface area (TPSA) is 35.5 Å². The first-order valence-corrected chi connectivity index (χ1v) is 6.12. The molecule has 0 bridgehead atoms. The Bertz CT molecular complexity index is 428. The predicted octanol–water partition coefficient (Wildman–Crippen LogP) is 2.26. The summed E-state index contributed by atoms with van der Waals surface area (Å²) in [6.45, 7) is 5.88. The number of aliphatic hydroxyl groups is 1. The van der Waals surface area contributed by atoms with Crippen LogP contribution in [0.5, 0.6) is 0 Å². The van der Waals surface area contributed by atoms with Gasteiger partial charge in [-0.1, -0.05) is 18.2 Å². The van der Waals surface area contributed by atoms with Gasteiger partial charge in [0.15, 0.2) is 5.11 Å². The number of nitrogens with zero attached hydrogens (tertiary/aromatic N) is 1. The number of thiocarbonyl (C=S) groups is 1. The van der Waals surface area contributed by atoms with E-state index in [9.17, 15) is 5.11 Å². The SMILES string of the molecule is CC1(C)C[C@](C)(O)N(c2ccccc2)C(=S)N1. The fourth-order valence-corrected chi connectivity index (χ4v) is 3.08.